The molecule has 0 unspecified atom stereocenters. The molecule has 0 heterocycles. The van der Waals surface area contributed by atoms with Crippen molar-refractivity contribution in [3.05, 3.63) is 0 Å². The van der Waals surface area contributed by atoms with E-state index in [1.54, 1.807) is 94.1 Å². The van der Waals surface area contributed by atoms with E-state index in [0.29, 0.717) is 54.8 Å². The summed E-state index contributed by atoms with van der Waals surface area (Å²) in [6.07, 6.45) is 2.61. The topological polar surface area (TPSA) is 179 Å². The van der Waals surface area contributed by atoms with Crippen molar-refractivity contribution in [1.82, 2.24) is 10.6 Å². The van der Waals surface area contributed by atoms with Crippen LogP contribution < -0.4 is 10.6 Å². The van der Waals surface area contributed by atoms with Crippen LogP contribution in [0.3, 0.4) is 0 Å². The van der Waals surface area contributed by atoms with Gasteiger partial charge in [-0.15, -0.1) is 106 Å². The Bertz CT molecular complexity index is 728. The normalized spacial score (nSPS) is 11.2. The van der Waals surface area contributed by atoms with Crippen molar-refractivity contribution < 1.29 is 48.8 Å². The first kappa shape index (κ1) is 45.5. The molecule has 0 saturated carbocycles. The van der Waals surface area contributed by atoms with E-state index in [-0.39, 0.29) is 19.8 Å². The van der Waals surface area contributed by atoms with E-state index in [4.69, 9.17) is 39.2 Å². The zero-order valence-electron chi connectivity index (χ0n) is 24.6. The minimum Gasteiger partial charge on any atom is -0.449 e. The second-order valence-electron chi connectivity index (χ2n) is 7.11. The molecule has 2 amide bonds. The van der Waals surface area contributed by atoms with E-state index >= 15 is 0 Å². The van der Waals surface area contributed by atoms with Crippen molar-refractivity contribution in [3.63, 3.8) is 0 Å². The Morgan fingerprint density at radius 1 is 0.578 bits per heavy atom. The zero-order valence-corrected chi connectivity index (χ0v) is 32.0. The van der Waals surface area contributed by atoms with Crippen LogP contribution >= 0.6 is 106 Å². The molecule has 0 radical (unpaired) electrons. The van der Waals surface area contributed by atoms with Crippen LogP contribution in [-0.4, -0.2) is 128 Å². The van der Waals surface area contributed by atoms with Crippen LogP contribution in [-0.2, 0) is 29.0 Å². The van der Waals surface area contributed by atoms with Gasteiger partial charge < -0.3 is 40.1 Å². The highest BCUT2D eigenvalue weighted by Crippen LogP contribution is 2.19. The highest BCUT2D eigenvalue weighted by molar-refractivity contribution is 8.23. The molecule has 0 aliphatic heterocycles. The molecular formula is C22H42N4O10S9. The number of rotatable bonds is 34. The third-order valence-corrected chi connectivity index (χ3v) is 13.6. The summed E-state index contributed by atoms with van der Waals surface area (Å²) in [7, 11) is 0. The maximum atomic E-state index is 11.7. The summed E-state index contributed by atoms with van der Waals surface area (Å²) in [6.45, 7) is 0.615. The summed E-state index contributed by atoms with van der Waals surface area (Å²) in [4.78, 5) is 50.5. The van der Waals surface area contributed by atoms with E-state index in [2.05, 4.69) is 20.6 Å². The molecule has 4 N–H and O–H groups in total. The monoisotopic (exact) mass is 810 g/mol. The fraction of sp³-hybridized carbons (Fsp3) is 0.818. The minimum absolute atomic E-state index is 0.00458. The van der Waals surface area contributed by atoms with Gasteiger partial charge in [0.1, 0.15) is 11.9 Å². The van der Waals surface area contributed by atoms with Gasteiger partial charge in [0.05, 0.1) is 36.7 Å². The lowest BCUT2D eigenvalue weighted by Crippen LogP contribution is -2.24. The molecule has 264 valence electrons. The van der Waals surface area contributed by atoms with Gasteiger partial charge in [0.15, 0.2) is 0 Å². The lowest BCUT2D eigenvalue weighted by Gasteiger charge is -2.06. The van der Waals surface area contributed by atoms with Crippen molar-refractivity contribution >= 4 is 131 Å². The van der Waals surface area contributed by atoms with Crippen molar-refractivity contribution in [1.29, 1.82) is 0 Å². The number of carbonyl (C=O) groups is 2. The summed E-state index contributed by atoms with van der Waals surface area (Å²) in [5.74, 6) is 2.77. The fourth-order valence-electron chi connectivity index (χ4n) is 1.85. The summed E-state index contributed by atoms with van der Waals surface area (Å²) in [5, 5.41) is 27.6. The molecule has 0 saturated heterocycles. The number of nitrogens with one attached hydrogen (secondary N) is 2. The number of carbonyl (C=O) groups excluding carboxylic acids is 2. The molecule has 0 aliphatic rings. The van der Waals surface area contributed by atoms with E-state index in [1.807, 2.05) is 0 Å². The maximum absolute atomic E-state index is 11.7. The largest absolute Gasteiger partial charge is 0.449 e. The smallest absolute Gasteiger partial charge is 0.408 e. The third kappa shape index (κ3) is 40.6. The molecule has 0 fully saturated rings. The Morgan fingerprint density at radius 2 is 1.07 bits per heavy atom. The lowest BCUT2D eigenvalue weighted by atomic mass is 10.5. The molecule has 0 bridgehead atoms. The van der Waals surface area contributed by atoms with Gasteiger partial charge in [0.25, 0.3) is 0 Å². The molecule has 23 heteroatoms. The van der Waals surface area contributed by atoms with Gasteiger partial charge in [-0.25, -0.2) is 19.6 Å². The van der Waals surface area contributed by atoms with Crippen LogP contribution in [0.25, 0.3) is 0 Å². The SMILES string of the molecule is O=C(NCSCSCSCN=COOCSCSCSCOC(=O)NCSCSCSCN=COOCCCO)OCCCO. The minimum atomic E-state index is -0.467. The number of nitrogens with zero attached hydrogens (tertiary/aromatic N) is 2. The summed E-state index contributed by atoms with van der Waals surface area (Å²) < 4.78 is 9.99. The predicted octanol–water partition coefficient (Wildman–Crippen LogP) is 5.25. The number of thioether (sulfide) groups is 9. The van der Waals surface area contributed by atoms with E-state index < -0.39 is 12.2 Å². The molecule has 0 aromatic rings. The highest BCUT2D eigenvalue weighted by atomic mass is 32.2. The Balaban J connectivity index is 3.25. The maximum Gasteiger partial charge on any atom is 0.408 e. The van der Waals surface area contributed by atoms with Gasteiger partial charge in [-0.2, -0.15) is 9.78 Å². The predicted molar refractivity (Wildman–Crippen MR) is 200 cm³/mol. The van der Waals surface area contributed by atoms with Gasteiger partial charge in [-0.3, -0.25) is 0 Å². The van der Waals surface area contributed by atoms with Crippen LogP contribution in [0.4, 0.5) is 9.59 Å². The molecule has 0 spiro atoms. The molecule has 0 rings (SSSR count). The standard InChI is InChI=1S/C22H42N4O10S9/c27-3-1-5-31-21(29)25-11-39-17-43-16-38-10-24-8-35-36-14-42-20-45-19-41-13-32-22(30)26-12-40-18-44-15-37-9-23-7-34-33-6-2-4-28/h7-8,27-28H,1-6,9-20H2,(H,25,29)(H,26,30). The number of hydrogen-bond donors (Lipinski definition) is 4. The van der Waals surface area contributed by atoms with Gasteiger partial charge in [-0.1, -0.05) is 0 Å². The van der Waals surface area contributed by atoms with Crippen molar-refractivity contribution in [3.8, 4) is 0 Å². The second-order valence-corrected chi connectivity index (χ2v) is 18.0. The number of amides is 2. The van der Waals surface area contributed by atoms with Crippen LogP contribution in [0.15, 0.2) is 9.98 Å². The van der Waals surface area contributed by atoms with Crippen molar-refractivity contribution in [2.24, 2.45) is 9.98 Å². The van der Waals surface area contributed by atoms with Crippen LogP contribution in [0.5, 0.6) is 0 Å². The quantitative estimate of drug-likeness (QED) is 0.0165. The Hall–Kier alpha value is 0.470. The van der Waals surface area contributed by atoms with Gasteiger partial charge in [0, 0.05) is 50.1 Å². The van der Waals surface area contributed by atoms with Crippen LogP contribution in [0, 0.1) is 0 Å². The van der Waals surface area contributed by atoms with E-state index in [9.17, 15) is 9.59 Å². The molecule has 0 aromatic carbocycles. The molecule has 0 atom stereocenters. The van der Waals surface area contributed by atoms with Crippen LogP contribution in [0.2, 0.25) is 0 Å². The average Bonchev–Trinajstić information content (AvgIpc) is 3.04. The number of aliphatic hydroxyl groups excluding tert-OH is 2. The fourth-order valence-corrected chi connectivity index (χ4v) is 10.2. The number of ether oxygens (including phenoxy) is 2. The zero-order chi connectivity index (χ0) is 32.7. The summed E-state index contributed by atoms with van der Waals surface area (Å²) in [6, 6.07) is 0. The first-order valence-electron chi connectivity index (χ1n) is 13.0. The third-order valence-electron chi connectivity index (χ3n) is 3.67. The average molecular weight is 811 g/mol. The number of aliphatic imine (C=N–C) groups is 2. The van der Waals surface area contributed by atoms with Gasteiger partial charge in [0.2, 0.25) is 12.8 Å². The van der Waals surface area contributed by atoms with Crippen LogP contribution in [0.1, 0.15) is 12.8 Å². The Kier molecular flexibility index (Phi) is 41.1. The van der Waals surface area contributed by atoms with Crippen molar-refractivity contribution in [2.45, 2.75) is 12.8 Å². The highest BCUT2D eigenvalue weighted by Gasteiger charge is 2.02. The summed E-state index contributed by atoms with van der Waals surface area (Å²) >= 11 is 14.7. The van der Waals surface area contributed by atoms with Gasteiger partial charge in [-0.05, 0) is 6.42 Å². The number of hydrogen-bond acceptors (Lipinski definition) is 21. The number of alkyl carbamates (subject to hydrolysis) is 2. The van der Waals surface area contributed by atoms with Crippen molar-refractivity contribution in [2.75, 3.05) is 92.3 Å². The van der Waals surface area contributed by atoms with Gasteiger partial charge >= 0.3 is 12.2 Å². The first-order chi connectivity index (χ1) is 22.2. The first-order valence-corrected chi connectivity index (χ1v) is 23.4. The molecule has 0 aromatic heterocycles. The lowest BCUT2D eigenvalue weighted by molar-refractivity contribution is -0.217. The van der Waals surface area contributed by atoms with E-state index in [1.165, 1.54) is 24.6 Å². The Labute approximate surface area is 303 Å². The molecule has 0 aliphatic carbocycles. The number of aliphatic hydroxyl groups is 2. The van der Waals surface area contributed by atoms with E-state index in [0.717, 1.165) is 30.5 Å². The summed E-state index contributed by atoms with van der Waals surface area (Å²) in [5.41, 5.74) is 0. The molecular weight excluding hydrogens is 769 g/mol. The molecule has 45 heavy (non-hydrogen) atoms. The molecule has 14 nitrogen and oxygen atoms in total. The Morgan fingerprint density at radius 3 is 1.67 bits per heavy atom. The second kappa shape index (κ2) is 40.6.